The number of nitrogens with one attached hydrogen (secondary N) is 1. The summed E-state index contributed by atoms with van der Waals surface area (Å²) in [6, 6.07) is 4.00. The number of tetrazole rings is 1. The van der Waals surface area contributed by atoms with Crippen molar-refractivity contribution in [3.05, 3.63) is 34.8 Å². The van der Waals surface area contributed by atoms with Gasteiger partial charge in [0, 0.05) is 4.47 Å². The van der Waals surface area contributed by atoms with E-state index in [9.17, 15) is 9.18 Å². The Morgan fingerprint density at radius 3 is 3.00 bits per heavy atom. The van der Waals surface area contributed by atoms with Crippen LogP contribution in [-0.2, 0) is 11.3 Å². The van der Waals surface area contributed by atoms with Crippen molar-refractivity contribution in [2.75, 3.05) is 5.32 Å². The van der Waals surface area contributed by atoms with Gasteiger partial charge in [0.2, 0.25) is 5.91 Å². The van der Waals surface area contributed by atoms with Gasteiger partial charge in [0.15, 0.2) is 0 Å². The third-order valence-corrected chi connectivity index (χ3v) is 2.56. The molecule has 0 radical (unpaired) electrons. The summed E-state index contributed by atoms with van der Waals surface area (Å²) in [5, 5.41) is 13.0. The second-order valence-electron chi connectivity index (χ2n) is 3.18. The lowest BCUT2D eigenvalue weighted by Gasteiger charge is -2.06. The number of rotatable bonds is 3. The summed E-state index contributed by atoms with van der Waals surface area (Å²) in [5.74, 6) is -0.681. The first-order valence-electron chi connectivity index (χ1n) is 4.61. The maximum absolute atomic E-state index is 12.8. The highest BCUT2D eigenvalue weighted by molar-refractivity contribution is 9.10. The molecule has 0 fully saturated rings. The molecule has 1 heterocycles. The SMILES string of the molecule is O=C(Cn1cnnn1)Nc1ccc(F)cc1Br. The van der Waals surface area contributed by atoms with Gasteiger partial charge in [0.1, 0.15) is 18.7 Å². The zero-order valence-corrected chi connectivity index (χ0v) is 10.1. The molecule has 17 heavy (non-hydrogen) atoms. The molecule has 1 aromatic heterocycles. The van der Waals surface area contributed by atoms with Crippen LogP contribution in [0.1, 0.15) is 0 Å². The number of nitrogens with zero attached hydrogens (tertiary/aromatic N) is 4. The number of aromatic nitrogens is 4. The van der Waals surface area contributed by atoms with Crippen LogP contribution in [0, 0.1) is 5.82 Å². The molecule has 0 aliphatic carbocycles. The summed E-state index contributed by atoms with van der Waals surface area (Å²) in [4.78, 5) is 11.6. The quantitative estimate of drug-likeness (QED) is 0.925. The van der Waals surface area contributed by atoms with Crippen molar-refractivity contribution >= 4 is 27.5 Å². The first kappa shape index (κ1) is 11.6. The third kappa shape index (κ3) is 3.06. The Hall–Kier alpha value is -1.83. The van der Waals surface area contributed by atoms with E-state index in [0.717, 1.165) is 0 Å². The molecule has 2 rings (SSSR count). The largest absolute Gasteiger partial charge is 0.323 e. The Morgan fingerprint density at radius 2 is 2.35 bits per heavy atom. The highest BCUT2D eigenvalue weighted by Crippen LogP contribution is 2.22. The molecular weight excluding hydrogens is 293 g/mol. The van der Waals surface area contributed by atoms with Crippen LogP contribution in [0.25, 0.3) is 0 Å². The lowest BCUT2D eigenvalue weighted by atomic mass is 10.3. The van der Waals surface area contributed by atoms with Gasteiger partial charge in [-0.05, 0) is 44.6 Å². The molecule has 0 bridgehead atoms. The van der Waals surface area contributed by atoms with Crippen LogP contribution in [0.4, 0.5) is 10.1 Å². The molecule has 0 aliphatic rings. The number of anilines is 1. The van der Waals surface area contributed by atoms with E-state index >= 15 is 0 Å². The van der Waals surface area contributed by atoms with Crippen molar-refractivity contribution in [1.82, 2.24) is 20.2 Å². The van der Waals surface area contributed by atoms with E-state index in [1.165, 1.54) is 29.2 Å². The highest BCUT2D eigenvalue weighted by Gasteiger charge is 2.07. The topological polar surface area (TPSA) is 72.7 Å². The predicted molar refractivity (Wildman–Crippen MR) is 60.5 cm³/mol. The summed E-state index contributed by atoms with van der Waals surface area (Å²) < 4.78 is 14.6. The van der Waals surface area contributed by atoms with Crippen molar-refractivity contribution in [1.29, 1.82) is 0 Å². The van der Waals surface area contributed by atoms with Crippen molar-refractivity contribution < 1.29 is 9.18 Å². The van der Waals surface area contributed by atoms with Crippen LogP contribution in [0.5, 0.6) is 0 Å². The summed E-state index contributed by atoms with van der Waals surface area (Å²) in [6.07, 6.45) is 1.33. The number of amides is 1. The second-order valence-corrected chi connectivity index (χ2v) is 4.03. The summed E-state index contributed by atoms with van der Waals surface area (Å²) in [7, 11) is 0. The number of hydrogen-bond donors (Lipinski definition) is 1. The Bertz CT molecular complexity index is 530. The zero-order chi connectivity index (χ0) is 12.3. The Kier molecular flexibility index (Phi) is 3.43. The highest BCUT2D eigenvalue weighted by atomic mass is 79.9. The fourth-order valence-corrected chi connectivity index (χ4v) is 1.63. The first-order chi connectivity index (χ1) is 8.15. The van der Waals surface area contributed by atoms with Gasteiger partial charge in [-0.1, -0.05) is 0 Å². The molecule has 2 aromatic rings. The van der Waals surface area contributed by atoms with Crippen LogP contribution in [0.15, 0.2) is 29.0 Å². The monoisotopic (exact) mass is 299 g/mol. The van der Waals surface area contributed by atoms with Gasteiger partial charge >= 0.3 is 0 Å². The molecule has 0 saturated heterocycles. The molecule has 8 heteroatoms. The average Bonchev–Trinajstić information content (AvgIpc) is 2.75. The van der Waals surface area contributed by atoms with Crippen molar-refractivity contribution in [2.45, 2.75) is 6.54 Å². The zero-order valence-electron chi connectivity index (χ0n) is 8.47. The van der Waals surface area contributed by atoms with Crippen LogP contribution in [0.3, 0.4) is 0 Å². The Balaban J connectivity index is 2.03. The van der Waals surface area contributed by atoms with Crippen molar-refractivity contribution in [3.63, 3.8) is 0 Å². The molecule has 0 saturated carbocycles. The minimum atomic E-state index is -0.379. The van der Waals surface area contributed by atoms with Crippen LogP contribution >= 0.6 is 15.9 Å². The Labute approximate surface area is 104 Å². The maximum atomic E-state index is 12.8. The molecule has 1 aromatic carbocycles. The lowest BCUT2D eigenvalue weighted by Crippen LogP contribution is -2.19. The molecule has 0 aliphatic heterocycles. The predicted octanol–water partition coefficient (Wildman–Crippen LogP) is 1.21. The smallest absolute Gasteiger partial charge is 0.246 e. The van der Waals surface area contributed by atoms with Crippen molar-refractivity contribution in [2.24, 2.45) is 0 Å². The van der Waals surface area contributed by atoms with E-state index in [2.05, 4.69) is 36.8 Å². The van der Waals surface area contributed by atoms with Gasteiger partial charge in [-0.15, -0.1) is 5.10 Å². The summed E-state index contributed by atoms with van der Waals surface area (Å²) in [5.41, 5.74) is 0.490. The fourth-order valence-electron chi connectivity index (χ4n) is 1.18. The molecule has 0 atom stereocenters. The van der Waals surface area contributed by atoms with Gasteiger partial charge in [0.25, 0.3) is 0 Å². The maximum Gasteiger partial charge on any atom is 0.246 e. The number of benzene rings is 1. The van der Waals surface area contributed by atoms with E-state index in [-0.39, 0.29) is 18.3 Å². The minimum Gasteiger partial charge on any atom is -0.323 e. The van der Waals surface area contributed by atoms with Gasteiger partial charge in [-0.25, -0.2) is 9.07 Å². The lowest BCUT2D eigenvalue weighted by molar-refractivity contribution is -0.116. The number of carbonyl (C=O) groups is 1. The average molecular weight is 300 g/mol. The van der Waals surface area contributed by atoms with E-state index in [1.807, 2.05) is 0 Å². The van der Waals surface area contributed by atoms with E-state index in [0.29, 0.717) is 10.2 Å². The van der Waals surface area contributed by atoms with E-state index < -0.39 is 0 Å². The minimum absolute atomic E-state index is 0.00316. The van der Waals surface area contributed by atoms with E-state index in [1.54, 1.807) is 0 Å². The third-order valence-electron chi connectivity index (χ3n) is 1.90. The van der Waals surface area contributed by atoms with Gasteiger partial charge < -0.3 is 5.32 Å². The number of carbonyl (C=O) groups excluding carboxylic acids is 1. The molecular formula is C9H7BrFN5O. The molecule has 6 nitrogen and oxygen atoms in total. The van der Waals surface area contributed by atoms with Crippen molar-refractivity contribution in [3.8, 4) is 0 Å². The van der Waals surface area contributed by atoms with Crippen LogP contribution in [0.2, 0.25) is 0 Å². The van der Waals surface area contributed by atoms with E-state index in [4.69, 9.17) is 0 Å². The number of halogens is 2. The second kappa shape index (κ2) is 5.00. The summed E-state index contributed by atoms with van der Waals surface area (Å²) in [6.45, 7) is -0.00316. The normalized spacial score (nSPS) is 10.2. The van der Waals surface area contributed by atoms with Gasteiger partial charge in [-0.2, -0.15) is 0 Å². The van der Waals surface area contributed by atoms with Crippen LogP contribution in [-0.4, -0.2) is 26.1 Å². The number of hydrogen-bond acceptors (Lipinski definition) is 4. The fraction of sp³-hybridized carbons (Fsp3) is 0.111. The molecule has 1 amide bonds. The van der Waals surface area contributed by atoms with Gasteiger partial charge in [-0.3, -0.25) is 4.79 Å². The molecule has 88 valence electrons. The molecule has 0 spiro atoms. The Morgan fingerprint density at radius 1 is 1.53 bits per heavy atom. The molecule has 1 N–H and O–H groups in total. The standard InChI is InChI=1S/C9H7BrFN5O/c10-7-3-6(11)1-2-8(7)13-9(17)4-16-5-12-14-15-16/h1-3,5H,4H2,(H,13,17). The van der Waals surface area contributed by atoms with Crippen LogP contribution < -0.4 is 5.32 Å². The molecule has 0 unspecified atom stereocenters. The summed E-state index contributed by atoms with van der Waals surface area (Å²) >= 11 is 3.15. The van der Waals surface area contributed by atoms with Gasteiger partial charge in [0.05, 0.1) is 5.69 Å². The first-order valence-corrected chi connectivity index (χ1v) is 5.40.